The lowest BCUT2D eigenvalue weighted by Gasteiger charge is -2.21. The van der Waals surface area contributed by atoms with Gasteiger partial charge >= 0.3 is 5.97 Å². The number of rotatable bonds is 4. The summed E-state index contributed by atoms with van der Waals surface area (Å²) in [5, 5.41) is 9.26. The molecule has 1 aliphatic carbocycles. The van der Waals surface area contributed by atoms with Crippen molar-refractivity contribution in [1.29, 1.82) is 0 Å². The molecule has 0 radical (unpaired) electrons. The molecular formula is C15H20O3. The summed E-state index contributed by atoms with van der Waals surface area (Å²) in [4.78, 5) is 11.3. The SMILES string of the molecule is CC(C)(C)Oc1ccc(C(C(=O)O)C2CC2)cc1. The predicted octanol–water partition coefficient (Wildman–Crippen LogP) is 3.44. The van der Waals surface area contributed by atoms with E-state index in [4.69, 9.17) is 4.74 Å². The van der Waals surface area contributed by atoms with E-state index in [1.807, 2.05) is 45.0 Å². The molecule has 98 valence electrons. The van der Waals surface area contributed by atoms with Crippen LogP contribution in [-0.4, -0.2) is 16.7 Å². The Morgan fingerprint density at radius 3 is 2.22 bits per heavy atom. The Hall–Kier alpha value is -1.51. The lowest BCUT2D eigenvalue weighted by atomic mass is 9.94. The Balaban J connectivity index is 2.13. The van der Waals surface area contributed by atoms with E-state index >= 15 is 0 Å². The molecule has 0 spiro atoms. The fourth-order valence-electron chi connectivity index (χ4n) is 2.14. The van der Waals surface area contributed by atoms with Gasteiger partial charge < -0.3 is 9.84 Å². The molecule has 1 aromatic carbocycles. The smallest absolute Gasteiger partial charge is 0.311 e. The molecule has 1 N–H and O–H groups in total. The second-order valence-electron chi connectivity index (χ2n) is 5.94. The van der Waals surface area contributed by atoms with Crippen LogP contribution in [0.25, 0.3) is 0 Å². The average molecular weight is 248 g/mol. The van der Waals surface area contributed by atoms with E-state index in [2.05, 4.69) is 0 Å². The lowest BCUT2D eigenvalue weighted by Crippen LogP contribution is -2.23. The first kappa shape index (κ1) is 12.9. The average Bonchev–Trinajstić information content (AvgIpc) is 3.02. The zero-order valence-corrected chi connectivity index (χ0v) is 11.1. The molecule has 1 aromatic rings. The lowest BCUT2D eigenvalue weighted by molar-refractivity contribution is -0.139. The van der Waals surface area contributed by atoms with Crippen molar-refractivity contribution in [1.82, 2.24) is 0 Å². The van der Waals surface area contributed by atoms with Crippen molar-refractivity contribution < 1.29 is 14.6 Å². The molecule has 0 aromatic heterocycles. The highest BCUT2D eigenvalue weighted by Crippen LogP contribution is 2.43. The summed E-state index contributed by atoms with van der Waals surface area (Å²) in [6, 6.07) is 7.47. The first-order valence-corrected chi connectivity index (χ1v) is 6.38. The van der Waals surface area contributed by atoms with Gasteiger partial charge in [-0.05, 0) is 57.2 Å². The van der Waals surface area contributed by atoms with Gasteiger partial charge in [-0.1, -0.05) is 12.1 Å². The van der Waals surface area contributed by atoms with Crippen LogP contribution in [0, 0.1) is 5.92 Å². The van der Waals surface area contributed by atoms with Gasteiger partial charge in [0.15, 0.2) is 0 Å². The molecule has 3 nitrogen and oxygen atoms in total. The standard InChI is InChI=1S/C15H20O3/c1-15(2,3)18-12-8-6-11(7-9-12)13(14(16)17)10-4-5-10/h6-10,13H,4-5H2,1-3H3,(H,16,17). The molecule has 18 heavy (non-hydrogen) atoms. The third-order valence-electron chi connectivity index (χ3n) is 3.02. The normalized spacial score (nSPS) is 17.3. The van der Waals surface area contributed by atoms with Crippen molar-refractivity contribution >= 4 is 5.97 Å². The van der Waals surface area contributed by atoms with Crippen LogP contribution >= 0.6 is 0 Å². The van der Waals surface area contributed by atoms with Crippen LogP contribution in [0.3, 0.4) is 0 Å². The van der Waals surface area contributed by atoms with Crippen LogP contribution in [0.4, 0.5) is 0 Å². The van der Waals surface area contributed by atoms with E-state index in [-0.39, 0.29) is 11.5 Å². The highest BCUT2D eigenvalue weighted by Gasteiger charge is 2.37. The first-order chi connectivity index (χ1) is 8.37. The fourth-order valence-corrected chi connectivity index (χ4v) is 2.14. The van der Waals surface area contributed by atoms with Gasteiger partial charge in [0.25, 0.3) is 0 Å². The molecule has 0 aliphatic heterocycles. The number of ether oxygens (including phenoxy) is 1. The van der Waals surface area contributed by atoms with Gasteiger partial charge in [-0.2, -0.15) is 0 Å². The van der Waals surface area contributed by atoms with Crippen molar-refractivity contribution in [2.75, 3.05) is 0 Å². The molecule has 1 saturated carbocycles. The van der Waals surface area contributed by atoms with Crippen molar-refractivity contribution in [3.8, 4) is 5.75 Å². The van der Waals surface area contributed by atoms with E-state index in [1.165, 1.54) is 0 Å². The maximum Gasteiger partial charge on any atom is 0.311 e. The molecular weight excluding hydrogens is 228 g/mol. The molecule has 0 bridgehead atoms. The maximum atomic E-state index is 11.3. The topological polar surface area (TPSA) is 46.5 Å². The van der Waals surface area contributed by atoms with Crippen molar-refractivity contribution in [2.24, 2.45) is 5.92 Å². The summed E-state index contributed by atoms with van der Waals surface area (Å²) < 4.78 is 5.73. The Bertz CT molecular complexity index is 424. The monoisotopic (exact) mass is 248 g/mol. The molecule has 0 saturated heterocycles. The van der Waals surface area contributed by atoms with Crippen molar-refractivity contribution in [2.45, 2.75) is 45.1 Å². The zero-order chi connectivity index (χ0) is 13.3. The van der Waals surface area contributed by atoms with E-state index in [0.29, 0.717) is 5.92 Å². The van der Waals surface area contributed by atoms with Gasteiger partial charge in [0, 0.05) is 0 Å². The molecule has 3 heteroatoms. The molecule has 1 fully saturated rings. The Labute approximate surface area is 108 Å². The van der Waals surface area contributed by atoms with Crippen LogP contribution < -0.4 is 4.74 Å². The number of carboxylic acid groups (broad SMARTS) is 1. The number of hydrogen-bond donors (Lipinski definition) is 1. The molecule has 1 aliphatic rings. The van der Waals surface area contributed by atoms with Gasteiger partial charge in [0.05, 0.1) is 5.92 Å². The van der Waals surface area contributed by atoms with Gasteiger partial charge in [-0.15, -0.1) is 0 Å². The summed E-state index contributed by atoms with van der Waals surface area (Å²) in [6.07, 6.45) is 2.05. The van der Waals surface area contributed by atoms with Crippen LogP contribution in [0.1, 0.15) is 45.1 Å². The number of benzene rings is 1. The second kappa shape index (κ2) is 4.63. The molecule has 0 heterocycles. The highest BCUT2D eigenvalue weighted by molar-refractivity contribution is 5.77. The van der Waals surface area contributed by atoms with Crippen LogP contribution in [0.5, 0.6) is 5.75 Å². The Morgan fingerprint density at radius 1 is 1.28 bits per heavy atom. The van der Waals surface area contributed by atoms with Crippen molar-refractivity contribution in [3.05, 3.63) is 29.8 Å². The minimum absolute atomic E-state index is 0.232. The predicted molar refractivity (Wildman–Crippen MR) is 69.9 cm³/mol. The van der Waals surface area contributed by atoms with E-state index in [0.717, 1.165) is 24.2 Å². The zero-order valence-electron chi connectivity index (χ0n) is 11.1. The minimum Gasteiger partial charge on any atom is -0.488 e. The van der Waals surface area contributed by atoms with Crippen LogP contribution in [0.2, 0.25) is 0 Å². The minimum atomic E-state index is -0.720. The van der Waals surface area contributed by atoms with Gasteiger partial charge in [-0.3, -0.25) is 4.79 Å². The first-order valence-electron chi connectivity index (χ1n) is 6.38. The summed E-state index contributed by atoms with van der Waals surface area (Å²) in [6.45, 7) is 5.97. The number of hydrogen-bond acceptors (Lipinski definition) is 2. The van der Waals surface area contributed by atoms with E-state index in [9.17, 15) is 9.90 Å². The second-order valence-corrected chi connectivity index (χ2v) is 5.94. The maximum absolute atomic E-state index is 11.3. The van der Waals surface area contributed by atoms with Gasteiger partial charge in [-0.25, -0.2) is 0 Å². The van der Waals surface area contributed by atoms with Gasteiger partial charge in [0.2, 0.25) is 0 Å². The fraction of sp³-hybridized carbons (Fsp3) is 0.533. The number of aliphatic carboxylic acids is 1. The van der Waals surface area contributed by atoms with Gasteiger partial charge in [0.1, 0.15) is 11.4 Å². The molecule has 0 amide bonds. The highest BCUT2D eigenvalue weighted by atomic mass is 16.5. The molecule has 1 unspecified atom stereocenters. The summed E-state index contributed by atoms with van der Waals surface area (Å²) in [5.41, 5.74) is 0.649. The molecule has 1 atom stereocenters. The largest absolute Gasteiger partial charge is 0.488 e. The summed E-state index contributed by atoms with van der Waals surface area (Å²) >= 11 is 0. The van der Waals surface area contributed by atoms with Crippen molar-refractivity contribution in [3.63, 3.8) is 0 Å². The summed E-state index contributed by atoms with van der Waals surface area (Å²) in [5.74, 6) is 0.0266. The summed E-state index contributed by atoms with van der Waals surface area (Å²) in [7, 11) is 0. The third kappa shape index (κ3) is 3.25. The van der Waals surface area contributed by atoms with Crippen LogP contribution in [0.15, 0.2) is 24.3 Å². The number of carbonyl (C=O) groups is 1. The third-order valence-corrected chi connectivity index (χ3v) is 3.02. The molecule has 2 rings (SSSR count). The van der Waals surface area contributed by atoms with Crippen LogP contribution in [-0.2, 0) is 4.79 Å². The van der Waals surface area contributed by atoms with E-state index in [1.54, 1.807) is 0 Å². The number of carboxylic acids is 1. The Morgan fingerprint density at radius 2 is 1.83 bits per heavy atom. The van der Waals surface area contributed by atoms with E-state index < -0.39 is 5.97 Å². The Kier molecular flexibility index (Phi) is 3.33. The quantitative estimate of drug-likeness (QED) is 0.887.